The summed E-state index contributed by atoms with van der Waals surface area (Å²) in [5.74, 6) is 1.05. The number of pyridine rings is 1. The molecule has 0 unspecified atom stereocenters. The van der Waals surface area contributed by atoms with Gasteiger partial charge in [0.25, 0.3) is 0 Å². The van der Waals surface area contributed by atoms with Crippen molar-refractivity contribution >= 4 is 17.4 Å². The van der Waals surface area contributed by atoms with Crippen LogP contribution in [0, 0.1) is 0 Å². The monoisotopic (exact) mass is 262 g/mol. The van der Waals surface area contributed by atoms with Gasteiger partial charge in [-0.2, -0.15) is 0 Å². The summed E-state index contributed by atoms with van der Waals surface area (Å²) >= 11 is 0. The van der Waals surface area contributed by atoms with E-state index in [2.05, 4.69) is 20.9 Å². The van der Waals surface area contributed by atoms with Crippen molar-refractivity contribution in [3.63, 3.8) is 0 Å². The molecule has 0 saturated heterocycles. The Kier molecular flexibility index (Phi) is 5.01. The van der Waals surface area contributed by atoms with Gasteiger partial charge in [0.2, 0.25) is 5.91 Å². The topological polar surface area (TPSA) is 66.0 Å². The van der Waals surface area contributed by atoms with Crippen molar-refractivity contribution in [2.24, 2.45) is 0 Å². The maximum atomic E-state index is 11.5. The molecule has 104 valence electrons. The highest BCUT2D eigenvalue weighted by molar-refractivity contribution is 5.76. The van der Waals surface area contributed by atoms with Crippen molar-refractivity contribution in [3.8, 4) is 0 Å². The molecule has 1 aliphatic rings. The highest BCUT2D eigenvalue weighted by Crippen LogP contribution is 2.18. The zero-order chi connectivity index (χ0) is 13.5. The summed E-state index contributed by atoms with van der Waals surface area (Å²) in [4.78, 5) is 15.7. The minimum absolute atomic E-state index is 0.173. The molecule has 1 aliphatic carbocycles. The van der Waals surface area contributed by atoms with Crippen LogP contribution < -0.4 is 16.0 Å². The van der Waals surface area contributed by atoms with Gasteiger partial charge in [-0.25, -0.2) is 4.98 Å². The van der Waals surface area contributed by atoms with Crippen LogP contribution in [-0.2, 0) is 4.79 Å². The number of carbonyl (C=O) groups is 1. The SMILES string of the molecule is CCNc1cc(NCCCC(=O)NC2CC2)ccn1. The normalized spacial score (nSPS) is 13.9. The molecule has 0 bridgehead atoms. The third kappa shape index (κ3) is 5.16. The summed E-state index contributed by atoms with van der Waals surface area (Å²) < 4.78 is 0. The molecule has 1 aromatic heterocycles. The van der Waals surface area contributed by atoms with E-state index >= 15 is 0 Å². The van der Waals surface area contributed by atoms with E-state index in [-0.39, 0.29) is 5.91 Å². The van der Waals surface area contributed by atoms with Gasteiger partial charge in [-0.1, -0.05) is 0 Å². The van der Waals surface area contributed by atoms with Crippen molar-refractivity contribution in [2.45, 2.75) is 38.6 Å². The zero-order valence-electron chi connectivity index (χ0n) is 11.4. The molecule has 5 nitrogen and oxygen atoms in total. The van der Waals surface area contributed by atoms with E-state index in [4.69, 9.17) is 0 Å². The number of aromatic nitrogens is 1. The average Bonchev–Trinajstić information content (AvgIpc) is 3.19. The molecule has 1 saturated carbocycles. The van der Waals surface area contributed by atoms with E-state index < -0.39 is 0 Å². The second kappa shape index (κ2) is 6.97. The van der Waals surface area contributed by atoms with E-state index in [1.54, 1.807) is 6.20 Å². The summed E-state index contributed by atoms with van der Waals surface area (Å²) in [6.45, 7) is 3.70. The second-order valence-corrected chi connectivity index (χ2v) is 4.83. The molecule has 0 atom stereocenters. The minimum atomic E-state index is 0.173. The molecule has 1 amide bonds. The van der Waals surface area contributed by atoms with Gasteiger partial charge in [-0.15, -0.1) is 0 Å². The lowest BCUT2D eigenvalue weighted by molar-refractivity contribution is -0.121. The number of nitrogens with one attached hydrogen (secondary N) is 3. The number of nitrogens with zero attached hydrogens (tertiary/aromatic N) is 1. The van der Waals surface area contributed by atoms with Crippen molar-refractivity contribution in [3.05, 3.63) is 18.3 Å². The van der Waals surface area contributed by atoms with Crippen LogP contribution in [0.25, 0.3) is 0 Å². The maximum Gasteiger partial charge on any atom is 0.220 e. The lowest BCUT2D eigenvalue weighted by Gasteiger charge is -2.08. The van der Waals surface area contributed by atoms with Crippen molar-refractivity contribution in [1.82, 2.24) is 10.3 Å². The van der Waals surface area contributed by atoms with Crippen LogP contribution in [0.2, 0.25) is 0 Å². The zero-order valence-corrected chi connectivity index (χ0v) is 11.4. The van der Waals surface area contributed by atoms with Gasteiger partial charge in [0.15, 0.2) is 0 Å². The molecule has 0 radical (unpaired) electrons. The molecule has 1 fully saturated rings. The lowest BCUT2D eigenvalue weighted by Crippen LogP contribution is -2.25. The molecule has 0 spiro atoms. The van der Waals surface area contributed by atoms with Gasteiger partial charge < -0.3 is 16.0 Å². The smallest absolute Gasteiger partial charge is 0.220 e. The Morgan fingerprint density at radius 3 is 3.00 bits per heavy atom. The summed E-state index contributed by atoms with van der Waals surface area (Å²) in [5, 5.41) is 9.47. The molecule has 1 aromatic rings. The number of amides is 1. The maximum absolute atomic E-state index is 11.5. The number of carbonyl (C=O) groups excluding carboxylic acids is 1. The molecule has 19 heavy (non-hydrogen) atoms. The first kappa shape index (κ1) is 13.6. The lowest BCUT2D eigenvalue weighted by atomic mass is 10.3. The van der Waals surface area contributed by atoms with Crippen molar-refractivity contribution < 1.29 is 4.79 Å². The van der Waals surface area contributed by atoms with Gasteiger partial charge >= 0.3 is 0 Å². The van der Waals surface area contributed by atoms with Crippen LogP contribution in [0.4, 0.5) is 11.5 Å². The quantitative estimate of drug-likeness (QED) is 0.627. The number of hydrogen-bond donors (Lipinski definition) is 3. The van der Waals surface area contributed by atoms with Crippen LogP contribution in [-0.4, -0.2) is 30.0 Å². The highest BCUT2D eigenvalue weighted by Gasteiger charge is 2.22. The Morgan fingerprint density at radius 1 is 1.42 bits per heavy atom. The first-order valence-corrected chi connectivity index (χ1v) is 7.01. The van der Waals surface area contributed by atoms with Crippen molar-refractivity contribution in [2.75, 3.05) is 23.7 Å². The molecular weight excluding hydrogens is 240 g/mol. The highest BCUT2D eigenvalue weighted by atomic mass is 16.1. The van der Waals surface area contributed by atoms with E-state index in [9.17, 15) is 4.79 Å². The fourth-order valence-corrected chi connectivity index (χ4v) is 1.83. The standard InChI is InChI=1S/C14H22N4O/c1-2-15-13-10-12(7-9-17-13)16-8-3-4-14(19)18-11-5-6-11/h7,9-11H,2-6,8H2,1H3,(H,18,19)(H2,15,16,17). The summed E-state index contributed by atoms with van der Waals surface area (Å²) in [7, 11) is 0. The van der Waals surface area contributed by atoms with Gasteiger partial charge in [0, 0.05) is 43.5 Å². The Bertz CT molecular complexity index is 418. The number of anilines is 2. The van der Waals surface area contributed by atoms with Crippen LogP contribution in [0.5, 0.6) is 0 Å². The van der Waals surface area contributed by atoms with E-state index in [1.807, 2.05) is 19.1 Å². The minimum Gasteiger partial charge on any atom is -0.385 e. The molecule has 5 heteroatoms. The molecule has 0 aromatic carbocycles. The summed E-state index contributed by atoms with van der Waals surface area (Å²) in [5.41, 5.74) is 1.04. The Balaban J connectivity index is 1.64. The van der Waals surface area contributed by atoms with Crippen molar-refractivity contribution in [1.29, 1.82) is 0 Å². The number of hydrogen-bond acceptors (Lipinski definition) is 4. The average molecular weight is 262 g/mol. The van der Waals surface area contributed by atoms with Gasteiger partial charge in [-0.3, -0.25) is 4.79 Å². The molecule has 1 heterocycles. The molecule has 2 rings (SSSR count). The predicted molar refractivity (Wildman–Crippen MR) is 77.3 cm³/mol. The molecule has 0 aliphatic heterocycles. The largest absolute Gasteiger partial charge is 0.385 e. The van der Waals surface area contributed by atoms with Crippen LogP contribution in [0.15, 0.2) is 18.3 Å². The van der Waals surface area contributed by atoms with Gasteiger partial charge in [0.05, 0.1) is 0 Å². The first-order chi connectivity index (χ1) is 9.28. The van der Waals surface area contributed by atoms with E-state index in [0.29, 0.717) is 12.5 Å². The van der Waals surface area contributed by atoms with Crippen LogP contribution in [0.3, 0.4) is 0 Å². The van der Waals surface area contributed by atoms with Gasteiger partial charge in [0.1, 0.15) is 5.82 Å². The second-order valence-electron chi connectivity index (χ2n) is 4.83. The number of rotatable bonds is 8. The Labute approximate surface area is 114 Å². The van der Waals surface area contributed by atoms with Gasteiger partial charge in [-0.05, 0) is 32.3 Å². The third-order valence-electron chi connectivity index (χ3n) is 2.97. The summed E-state index contributed by atoms with van der Waals surface area (Å²) in [6.07, 6.45) is 5.51. The predicted octanol–water partition coefficient (Wildman–Crippen LogP) is 1.98. The molecular formula is C14H22N4O. The Hall–Kier alpha value is -1.78. The first-order valence-electron chi connectivity index (χ1n) is 7.01. The van der Waals surface area contributed by atoms with Crippen LogP contribution >= 0.6 is 0 Å². The third-order valence-corrected chi connectivity index (χ3v) is 2.97. The fourth-order valence-electron chi connectivity index (χ4n) is 1.83. The summed E-state index contributed by atoms with van der Waals surface area (Å²) in [6, 6.07) is 4.38. The fraction of sp³-hybridized carbons (Fsp3) is 0.571. The Morgan fingerprint density at radius 2 is 2.26 bits per heavy atom. The molecule has 3 N–H and O–H groups in total. The van der Waals surface area contributed by atoms with Crippen LogP contribution in [0.1, 0.15) is 32.6 Å². The van der Waals surface area contributed by atoms with E-state index in [0.717, 1.165) is 43.9 Å². The van der Waals surface area contributed by atoms with E-state index in [1.165, 1.54) is 0 Å².